The minimum absolute atomic E-state index is 0.262. The van der Waals surface area contributed by atoms with Crippen molar-refractivity contribution in [2.45, 2.75) is 19.3 Å². The lowest BCUT2D eigenvalue weighted by Crippen LogP contribution is -2.16. The van der Waals surface area contributed by atoms with E-state index in [-0.39, 0.29) is 5.41 Å². The van der Waals surface area contributed by atoms with Gasteiger partial charge < -0.3 is 4.57 Å². The summed E-state index contributed by atoms with van der Waals surface area (Å²) in [7, 11) is 0. The smallest absolute Gasteiger partial charge is 0.164 e. The Morgan fingerprint density at radius 2 is 0.981 bits per heavy atom. The highest BCUT2D eigenvalue weighted by Gasteiger charge is 2.39. The average Bonchev–Trinajstić information content (AvgIpc) is 3.67. The van der Waals surface area contributed by atoms with Crippen molar-refractivity contribution in [3.8, 4) is 62.1 Å². The molecule has 0 spiro atoms. The van der Waals surface area contributed by atoms with E-state index in [2.05, 4.69) is 152 Å². The van der Waals surface area contributed by atoms with Gasteiger partial charge in [-0.1, -0.05) is 153 Å². The van der Waals surface area contributed by atoms with Crippen LogP contribution in [0.2, 0.25) is 0 Å². The number of hydrogen-bond acceptors (Lipinski definition) is 3. The number of para-hydroxylation sites is 2. The zero-order valence-electron chi connectivity index (χ0n) is 29.0. The van der Waals surface area contributed by atoms with Crippen LogP contribution < -0.4 is 0 Å². The Morgan fingerprint density at radius 3 is 1.69 bits per heavy atom. The van der Waals surface area contributed by atoms with Gasteiger partial charge >= 0.3 is 0 Å². The van der Waals surface area contributed by atoms with Crippen LogP contribution in [-0.2, 0) is 5.41 Å². The van der Waals surface area contributed by atoms with Crippen LogP contribution in [0.25, 0.3) is 83.9 Å². The van der Waals surface area contributed by atoms with Gasteiger partial charge in [0.1, 0.15) is 0 Å². The van der Waals surface area contributed by atoms with Crippen LogP contribution in [0, 0.1) is 0 Å². The highest BCUT2D eigenvalue weighted by atomic mass is 15.0. The summed E-state index contributed by atoms with van der Waals surface area (Å²) >= 11 is 0. The zero-order valence-corrected chi connectivity index (χ0v) is 29.0. The Labute approximate surface area is 302 Å². The topological polar surface area (TPSA) is 43.6 Å². The number of aromatic nitrogens is 4. The van der Waals surface area contributed by atoms with Gasteiger partial charge in [-0.25, -0.2) is 15.0 Å². The third-order valence-electron chi connectivity index (χ3n) is 10.6. The van der Waals surface area contributed by atoms with Gasteiger partial charge in [-0.3, -0.25) is 0 Å². The number of benzene rings is 7. The first-order valence-corrected chi connectivity index (χ1v) is 17.8. The molecule has 9 aromatic rings. The van der Waals surface area contributed by atoms with Crippen molar-refractivity contribution in [2.24, 2.45) is 0 Å². The van der Waals surface area contributed by atoms with Crippen molar-refractivity contribution in [3.63, 3.8) is 0 Å². The number of nitrogens with zero attached hydrogens (tertiary/aromatic N) is 4. The Hall–Kier alpha value is -6.65. The fraction of sp³-hybridized carbons (Fsp3) is 0.0625. The first kappa shape index (κ1) is 30.2. The van der Waals surface area contributed by atoms with Crippen LogP contribution in [0.4, 0.5) is 0 Å². The van der Waals surface area contributed by atoms with Gasteiger partial charge in [0.25, 0.3) is 0 Å². The predicted octanol–water partition coefficient (Wildman–Crippen LogP) is 11.9. The molecule has 0 atom stereocenters. The van der Waals surface area contributed by atoms with Crippen molar-refractivity contribution in [1.29, 1.82) is 0 Å². The van der Waals surface area contributed by atoms with Gasteiger partial charge in [0.15, 0.2) is 17.5 Å². The molecule has 4 heteroatoms. The van der Waals surface area contributed by atoms with E-state index in [0.717, 1.165) is 22.4 Å². The summed E-state index contributed by atoms with van der Waals surface area (Å²) in [6.45, 7) is 4.70. The van der Waals surface area contributed by atoms with Crippen molar-refractivity contribution in [3.05, 3.63) is 181 Å². The van der Waals surface area contributed by atoms with Gasteiger partial charge in [0.05, 0.1) is 11.0 Å². The molecule has 52 heavy (non-hydrogen) atoms. The summed E-state index contributed by atoms with van der Waals surface area (Å²) < 4.78 is 2.37. The van der Waals surface area contributed by atoms with E-state index >= 15 is 0 Å². The van der Waals surface area contributed by atoms with Crippen LogP contribution in [0.3, 0.4) is 0 Å². The molecule has 2 aromatic heterocycles. The number of hydrogen-bond donors (Lipinski definition) is 0. The summed E-state index contributed by atoms with van der Waals surface area (Å²) in [6, 6.07) is 60.1. The second-order valence-electron chi connectivity index (χ2n) is 14.0. The second kappa shape index (κ2) is 11.7. The quantitative estimate of drug-likeness (QED) is 0.184. The summed E-state index contributed by atoms with van der Waals surface area (Å²) in [5, 5.41) is 2.49. The molecule has 246 valence electrons. The van der Waals surface area contributed by atoms with Gasteiger partial charge in [-0.15, -0.1) is 0 Å². The fourth-order valence-electron chi connectivity index (χ4n) is 8.28. The maximum atomic E-state index is 5.14. The highest BCUT2D eigenvalue weighted by molar-refractivity contribution is 6.11. The van der Waals surface area contributed by atoms with Crippen LogP contribution in [-0.4, -0.2) is 19.5 Å². The minimum atomic E-state index is -0.262. The molecule has 0 saturated heterocycles. The molecule has 2 heterocycles. The van der Waals surface area contributed by atoms with Crippen LogP contribution in [0.15, 0.2) is 170 Å². The molecule has 4 nitrogen and oxygen atoms in total. The molecule has 7 aromatic carbocycles. The summed E-state index contributed by atoms with van der Waals surface area (Å²) in [5.74, 6) is 2.00. The molecule has 0 radical (unpaired) electrons. The standard InChI is InChI=1S/C48H34N4/c1-48(2)40-26-15-25-38(47-50-45(31-16-6-3-7-17-31)49-46(51-47)32-18-8-4-9-19-32)43(40)37-24-14-23-35(44(37)48)33-28-29-42-39(30-33)36-22-12-13-27-41(36)52(42)34-20-10-5-11-21-34/h3-30H,1-2H3. The maximum Gasteiger partial charge on any atom is 0.164 e. The maximum absolute atomic E-state index is 5.14. The molecule has 0 bridgehead atoms. The summed E-state index contributed by atoms with van der Waals surface area (Å²) in [5.41, 5.74) is 13.7. The second-order valence-corrected chi connectivity index (χ2v) is 14.0. The fourth-order valence-corrected chi connectivity index (χ4v) is 8.28. The van der Waals surface area contributed by atoms with E-state index in [9.17, 15) is 0 Å². The monoisotopic (exact) mass is 666 g/mol. The lowest BCUT2D eigenvalue weighted by molar-refractivity contribution is 0.662. The lowest BCUT2D eigenvalue weighted by atomic mass is 9.78. The Morgan fingerprint density at radius 1 is 0.423 bits per heavy atom. The first-order chi connectivity index (χ1) is 25.6. The molecular formula is C48H34N4. The first-order valence-electron chi connectivity index (χ1n) is 17.8. The third-order valence-corrected chi connectivity index (χ3v) is 10.6. The van der Waals surface area contributed by atoms with E-state index in [0.29, 0.717) is 17.5 Å². The Kier molecular flexibility index (Phi) is 6.80. The minimum Gasteiger partial charge on any atom is -0.309 e. The Balaban J connectivity index is 1.17. The highest BCUT2D eigenvalue weighted by Crippen LogP contribution is 2.55. The van der Waals surface area contributed by atoms with Gasteiger partial charge in [-0.2, -0.15) is 0 Å². The van der Waals surface area contributed by atoms with Crippen molar-refractivity contribution < 1.29 is 0 Å². The van der Waals surface area contributed by atoms with Gasteiger partial charge in [0.2, 0.25) is 0 Å². The number of rotatable bonds is 5. The molecule has 0 aliphatic heterocycles. The molecule has 0 saturated carbocycles. The molecule has 0 fully saturated rings. The summed E-state index contributed by atoms with van der Waals surface area (Å²) in [4.78, 5) is 15.3. The molecule has 10 rings (SSSR count). The molecule has 1 aliphatic rings. The third kappa shape index (κ3) is 4.65. The van der Waals surface area contributed by atoms with E-state index in [1.807, 2.05) is 36.4 Å². The molecule has 0 N–H and O–H groups in total. The van der Waals surface area contributed by atoms with Crippen molar-refractivity contribution in [1.82, 2.24) is 19.5 Å². The van der Waals surface area contributed by atoms with Crippen molar-refractivity contribution >= 4 is 21.8 Å². The molecule has 0 amide bonds. The largest absolute Gasteiger partial charge is 0.309 e. The van der Waals surface area contributed by atoms with Crippen LogP contribution >= 0.6 is 0 Å². The molecular weight excluding hydrogens is 633 g/mol. The van der Waals surface area contributed by atoms with Gasteiger partial charge in [-0.05, 0) is 63.7 Å². The van der Waals surface area contributed by atoms with Crippen LogP contribution in [0.1, 0.15) is 25.0 Å². The lowest BCUT2D eigenvalue weighted by Gasteiger charge is -2.24. The zero-order chi connectivity index (χ0) is 34.8. The van der Waals surface area contributed by atoms with E-state index in [1.165, 1.54) is 55.2 Å². The van der Waals surface area contributed by atoms with E-state index in [1.54, 1.807) is 0 Å². The van der Waals surface area contributed by atoms with E-state index < -0.39 is 0 Å². The molecule has 0 unspecified atom stereocenters. The Bertz CT molecular complexity index is 2740. The van der Waals surface area contributed by atoms with E-state index in [4.69, 9.17) is 15.0 Å². The number of fused-ring (bicyclic) bond motifs is 6. The summed E-state index contributed by atoms with van der Waals surface area (Å²) in [6.07, 6.45) is 0. The SMILES string of the molecule is CC1(C)c2cccc(-c3nc(-c4ccccc4)nc(-c4ccccc4)n3)c2-c2cccc(-c3ccc4c(c3)c3ccccc3n4-c3ccccc3)c21. The van der Waals surface area contributed by atoms with Crippen molar-refractivity contribution in [2.75, 3.05) is 0 Å². The van der Waals surface area contributed by atoms with Gasteiger partial charge in [0, 0.05) is 38.6 Å². The molecule has 1 aliphatic carbocycles. The normalized spacial score (nSPS) is 13.0. The predicted molar refractivity (Wildman–Crippen MR) is 213 cm³/mol. The van der Waals surface area contributed by atoms with Crippen LogP contribution in [0.5, 0.6) is 0 Å². The average molecular weight is 667 g/mol.